The van der Waals surface area contributed by atoms with Crippen LogP contribution in [0.2, 0.25) is 0 Å². The van der Waals surface area contributed by atoms with E-state index in [1.807, 2.05) is 0 Å². The van der Waals surface area contributed by atoms with Crippen LogP contribution in [-0.4, -0.2) is 56.2 Å². The Kier molecular flexibility index (Phi) is 4.61. The van der Waals surface area contributed by atoms with Crippen LogP contribution >= 0.6 is 0 Å². The predicted molar refractivity (Wildman–Crippen MR) is 78.0 cm³/mol. The SMILES string of the molecule is CCC(N(C)C)N1CCN(c2ccccc2)CC1. The third kappa shape index (κ3) is 3.03. The third-order valence-electron chi connectivity index (χ3n) is 3.82. The fourth-order valence-electron chi connectivity index (χ4n) is 2.87. The van der Waals surface area contributed by atoms with Gasteiger partial charge in [0, 0.05) is 31.9 Å². The highest BCUT2D eigenvalue weighted by Gasteiger charge is 2.23. The molecule has 1 aromatic carbocycles. The molecule has 0 aliphatic carbocycles. The summed E-state index contributed by atoms with van der Waals surface area (Å²) >= 11 is 0. The maximum Gasteiger partial charge on any atom is 0.0616 e. The lowest BCUT2D eigenvalue weighted by Crippen LogP contribution is -2.54. The van der Waals surface area contributed by atoms with Crippen LogP contribution in [0.25, 0.3) is 0 Å². The summed E-state index contributed by atoms with van der Waals surface area (Å²) < 4.78 is 0. The van der Waals surface area contributed by atoms with Crippen molar-refractivity contribution >= 4 is 5.69 Å². The molecular weight excluding hydrogens is 222 g/mol. The maximum atomic E-state index is 2.60. The van der Waals surface area contributed by atoms with Crippen molar-refractivity contribution in [2.24, 2.45) is 0 Å². The highest BCUT2D eigenvalue weighted by atomic mass is 15.4. The van der Waals surface area contributed by atoms with Crippen LogP contribution in [-0.2, 0) is 0 Å². The molecule has 0 spiro atoms. The van der Waals surface area contributed by atoms with Crippen LogP contribution in [0.4, 0.5) is 5.69 Å². The van der Waals surface area contributed by atoms with Crippen LogP contribution in [0, 0.1) is 0 Å². The summed E-state index contributed by atoms with van der Waals surface area (Å²) in [7, 11) is 4.36. The first-order chi connectivity index (χ1) is 8.72. The number of nitrogens with zero attached hydrogens (tertiary/aromatic N) is 3. The number of rotatable bonds is 4. The highest BCUT2D eigenvalue weighted by Crippen LogP contribution is 2.17. The van der Waals surface area contributed by atoms with Crippen LogP contribution < -0.4 is 4.90 Å². The first-order valence-electron chi connectivity index (χ1n) is 6.93. The van der Waals surface area contributed by atoms with E-state index in [2.05, 4.69) is 66.1 Å². The molecule has 0 bridgehead atoms. The average Bonchev–Trinajstić information content (AvgIpc) is 2.41. The predicted octanol–water partition coefficient (Wildman–Crippen LogP) is 2.11. The minimum Gasteiger partial charge on any atom is -0.369 e. The van der Waals surface area contributed by atoms with E-state index in [9.17, 15) is 0 Å². The molecular formula is C15H25N3. The molecule has 2 rings (SSSR count). The topological polar surface area (TPSA) is 9.72 Å². The van der Waals surface area contributed by atoms with Crippen molar-refractivity contribution in [2.45, 2.75) is 19.5 Å². The van der Waals surface area contributed by atoms with E-state index in [-0.39, 0.29) is 0 Å². The number of piperazine rings is 1. The molecule has 1 aliphatic rings. The molecule has 1 atom stereocenters. The molecule has 0 aromatic heterocycles. The van der Waals surface area contributed by atoms with Gasteiger partial charge in [-0.05, 0) is 32.6 Å². The van der Waals surface area contributed by atoms with Gasteiger partial charge in [0.15, 0.2) is 0 Å². The smallest absolute Gasteiger partial charge is 0.0616 e. The van der Waals surface area contributed by atoms with Gasteiger partial charge in [-0.2, -0.15) is 0 Å². The lowest BCUT2D eigenvalue weighted by atomic mass is 10.2. The van der Waals surface area contributed by atoms with Crippen molar-refractivity contribution in [2.75, 3.05) is 45.2 Å². The Morgan fingerprint density at radius 1 is 1.06 bits per heavy atom. The highest BCUT2D eigenvalue weighted by molar-refractivity contribution is 5.46. The molecule has 1 aromatic rings. The zero-order valence-corrected chi connectivity index (χ0v) is 11.8. The van der Waals surface area contributed by atoms with Gasteiger partial charge in [0.25, 0.3) is 0 Å². The molecule has 1 unspecified atom stereocenters. The molecule has 0 amide bonds. The lowest BCUT2D eigenvalue weighted by molar-refractivity contribution is 0.0705. The normalized spacial score (nSPS) is 19.2. The van der Waals surface area contributed by atoms with Crippen LogP contribution in [0.5, 0.6) is 0 Å². The van der Waals surface area contributed by atoms with Crippen molar-refractivity contribution in [1.29, 1.82) is 0 Å². The second-order valence-corrected chi connectivity index (χ2v) is 5.21. The van der Waals surface area contributed by atoms with Gasteiger partial charge in [-0.1, -0.05) is 25.1 Å². The Morgan fingerprint density at radius 2 is 1.67 bits per heavy atom. The molecule has 1 heterocycles. The second-order valence-electron chi connectivity index (χ2n) is 5.21. The van der Waals surface area contributed by atoms with Gasteiger partial charge in [-0.15, -0.1) is 0 Å². The standard InChI is InChI=1S/C15H25N3/c1-4-15(16(2)3)18-12-10-17(11-13-18)14-8-6-5-7-9-14/h5-9,15H,4,10-13H2,1-3H3. The first kappa shape index (κ1) is 13.4. The molecule has 3 nitrogen and oxygen atoms in total. The summed E-state index contributed by atoms with van der Waals surface area (Å²) in [5.41, 5.74) is 1.36. The van der Waals surface area contributed by atoms with E-state index < -0.39 is 0 Å². The zero-order chi connectivity index (χ0) is 13.0. The van der Waals surface area contributed by atoms with E-state index in [4.69, 9.17) is 0 Å². The van der Waals surface area contributed by atoms with Crippen molar-refractivity contribution in [3.8, 4) is 0 Å². The molecule has 0 saturated carbocycles. The van der Waals surface area contributed by atoms with Gasteiger partial charge in [0.05, 0.1) is 6.17 Å². The molecule has 0 N–H and O–H groups in total. The van der Waals surface area contributed by atoms with Gasteiger partial charge in [0.1, 0.15) is 0 Å². The number of para-hydroxylation sites is 1. The van der Waals surface area contributed by atoms with Gasteiger partial charge in [0.2, 0.25) is 0 Å². The number of hydrogen-bond donors (Lipinski definition) is 0. The summed E-state index contributed by atoms with van der Waals surface area (Å²) in [5.74, 6) is 0. The van der Waals surface area contributed by atoms with Crippen molar-refractivity contribution in [3.63, 3.8) is 0 Å². The van der Waals surface area contributed by atoms with Crippen molar-refractivity contribution in [3.05, 3.63) is 30.3 Å². The first-order valence-corrected chi connectivity index (χ1v) is 6.93. The molecule has 1 saturated heterocycles. The largest absolute Gasteiger partial charge is 0.369 e. The van der Waals surface area contributed by atoms with E-state index >= 15 is 0 Å². The third-order valence-corrected chi connectivity index (χ3v) is 3.82. The lowest BCUT2D eigenvalue weighted by Gasteiger charge is -2.42. The van der Waals surface area contributed by atoms with Crippen molar-refractivity contribution < 1.29 is 0 Å². The summed E-state index contributed by atoms with van der Waals surface area (Å²) in [5, 5.41) is 0. The average molecular weight is 247 g/mol. The molecule has 1 fully saturated rings. The molecule has 0 radical (unpaired) electrons. The molecule has 1 aliphatic heterocycles. The van der Waals surface area contributed by atoms with E-state index in [0.717, 1.165) is 26.2 Å². The van der Waals surface area contributed by atoms with E-state index in [1.54, 1.807) is 0 Å². The van der Waals surface area contributed by atoms with Gasteiger partial charge in [-0.25, -0.2) is 0 Å². The van der Waals surface area contributed by atoms with Crippen LogP contribution in [0.3, 0.4) is 0 Å². The van der Waals surface area contributed by atoms with Gasteiger partial charge < -0.3 is 4.90 Å². The fraction of sp³-hybridized carbons (Fsp3) is 0.600. The summed E-state index contributed by atoms with van der Waals surface area (Å²) in [6.45, 7) is 6.86. The monoisotopic (exact) mass is 247 g/mol. The minimum atomic E-state index is 0.586. The van der Waals surface area contributed by atoms with Crippen LogP contribution in [0.15, 0.2) is 30.3 Å². The fourth-order valence-corrected chi connectivity index (χ4v) is 2.87. The number of benzene rings is 1. The minimum absolute atomic E-state index is 0.586. The zero-order valence-electron chi connectivity index (χ0n) is 11.8. The molecule has 18 heavy (non-hydrogen) atoms. The Morgan fingerprint density at radius 3 is 2.17 bits per heavy atom. The van der Waals surface area contributed by atoms with E-state index in [1.165, 1.54) is 12.1 Å². The number of hydrogen-bond acceptors (Lipinski definition) is 3. The maximum absolute atomic E-state index is 2.60. The summed E-state index contributed by atoms with van der Waals surface area (Å²) in [4.78, 5) is 7.41. The second kappa shape index (κ2) is 6.21. The Labute approximate surface area is 111 Å². The van der Waals surface area contributed by atoms with Crippen molar-refractivity contribution in [1.82, 2.24) is 9.80 Å². The molecule has 3 heteroatoms. The van der Waals surface area contributed by atoms with Gasteiger partial charge in [-0.3, -0.25) is 9.80 Å². The Hall–Kier alpha value is -1.06. The Balaban J connectivity index is 1.92. The summed E-state index contributed by atoms with van der Waals surface area (Å²) in [6, 6.07) is 10.7. The van der Waals surface area contributed by atoms with E-state index in [0.29, 0.717) is 6.17 Å². The quantitative estimate of drug-likeness (QED) is 0.807. The number of anilines is 1. The summed E-state index contributed by atoms with van der Waals surface area (Å²) in [6.07, 6.45) is 1.78. The molecule has 100 valence electrons. The van der Waals surface area contributed by atoms with Crippen LogP contribution in [0.1, 0.15) is 13.3 Å². The Bertz CT molecular complexity index is 342. The van der Waals surface area contributed by atoms with Gasteiger partial charge >= 0.3 is 0 Å².